The standard InChI is InChI=1S/C27H34N2O2/c30-26(22-7-3-1-4-8-22)28-24-15-11-20(12-16-24)19-21-13-17-25(18-14-21)29-27(31)23-9-5-2-6-10-23/h1-10,20-21,24-25H,11-19H2,(H,28,30)(H,29,31). The Labute approximate surface area is 185 Å². The fourth-order valence-corrected chi connectivity index (χ4v) is 5.27. The number of carbonyl (C=O) groups excluding carboxylic acids is 2. The molecule has 2 fully saturated rings. The van der Waals surface area contributed by atoms with Gasteiger partial charge in [-0.05, 0) is 93.9 Å². The molecule has 2 saturated carbocycles. The summed E-state index contributed by atoms with van der Waals surface area (Å²) < 4.78 is 0. The van der Waals surface area contributed by atoms with Crippen molar-refractivity contribution in [2.24, 2.45) is 11.8 Å². The highest BCUT2D eigenvalue weighted by molar-refractivity contribution is 5.94. The van der Waals surface area contributed by atoms with Gasteiger partial charge in [0, 0.05) is 23.2 Å². The first-order chi connectivity index (χ1) is 15.2. The lowest BCUT2D eigenvalue weighted by Gasteiger charge is -2.34. The van der Waals surface area contributed by atoms with Gasteiger partial charge >= 0.3 is 0 Å². The predicted molar refractivity (Wildman–Crippen MR) is 124 cm³/mol. The molecular formula is C27H34N2O2. The van der Waals surface area contributed by atoms with Crippen LogP contribution in [0.3, 0.4) is 0 Å². The Bertz CT molecular complexity index is 765. The van der Waals surface area contributed by atoms with Gasteiger partial charge in [0.15, 0.2) is 0 Å². The van der Waals surface area contributed by atoms with Gasteiger partial charge in [0.2, 0.25) is 0 Å². The molecule has 4 heteroatoms. The smallest absolute Gasteiger partial charge is 0.251 e. The summed E-state index contributed by atoms with van der Waals surface area (Å²) >= 11 is 0. The zero-order valence-corrected chi connectivity index (χ0v) is 18.3. The van der Waals surface area contributed by atoms with Crippen LogP contribution in [0.4, 0.5) is 0 Å². The monoisotopic (exact) mass is 418 g/mol. The summed E-state index contributed by atoms with van der Waals surface area (Å²) in [6.07, 6.45) is 10.5. The van der Waals surface area contributed by atoms with Gasteiger partial charge < -0.3 is 10.6 Å². The molecule has 2 aromatic carbocycles. The molecule has 4 nitrogen and oxygen atoms in total. The summed E-state index contributed by atoms with van der Waals surface area (Å²) in [7, 11) is 0. The summed E-state index contributed by atoms with van der Waals surface area (Å²) in [5.74, 6) is 1.68. The summed E-state index contributed by atoms with van der Waals surface area (Å²) in [6, 6.07) is 19.6. The van der Waals surface area contributed by atoms with Crippen molar-refractivity contribution in [3.8, 4) is 0 Å². The molecule has 0 radical (unpaired) electrons. The number of nitrogens with one attached hydrogen (secondary N) is 2. The maximum absolute atomic E-state index is 12.4. The minimum Gasteiger partial charge on any atom is -0.349 e. The number of hydrogen-bond acceptors (Lipinski definition) is 2. The van der Waals surface area contributed by atoms with Crippen LogP contribution in [0.2, 0.25) is 0 Å². The van der Waals surface area contributed by atoms with Crippen LogP contribution >= 0.6 is 0 Å². The molecule has 2 aromatic rings. The first-order valence-corrected chi connectivity index (χ1v) is 11.9. The third-order valence-electron chi connectivity index (χ3n) is 7.10. The molecule has 2 aliphatic rings. The van der Waals surface area contributed by atoms with Gasteiger partial charge in [0.05, 0.1) is 0 Å². The van der Waals surface area contributed by atoms with Crippen LogP contribution in [-0.2, 0) is 0 Å². The minimum absolute atomic E-state index is 0.0555. The van der Waals surface area contributed by atoms with E-state index >= 15 is 0 Å². The fourth-order valence-electron chi connectivity index (χ4n) is 5.27. The van der Waals surface area contributed by atoms with Crippen LogP contribution in [0.5, 0.6) is 0 Å². The van der Waals surface area contributed by atoms with E-state index in [-0.39, 0.29) is 11.8 Å². The number of rotatable bonds is 6. The highest BCUT2D eigenvalue weighted by Gasteiger charge is 2.28. The zero-order valence-electron chi connectivity index (χ0n) is 18.3. The molecule has 0 heterocycles. The third-order valence-corrected chi connectivity index (χ3v) is 7.10. The molecule has 4 rings (SSSR count). The summed E-state index contributed by atoms with van der Waals surface area (Å²) in [5, 5.41) is 6.44. The van der Waals surface area contributed by atoms with E-state index in [4.69, 9.17) is 0 Å². The van der Waals surface area contributed by atoms with Crippen molar-refractivity contribution >= 4 is 11.8 Å². The van der Waals surface area contributed by atoms with E-state index in [2.05, 4.69) is 10.6 Å². The lowest BCUT2D eigenvalue weighted by molar-refractivity contribution is 0.0917. The van der Waals surface area contributed by atoms with Crippen molar-refractivity contribution in [3.63, 3.8) is 0 Å². The first kappa shape index (κ1) is 21.6. The molecule has 0 saturated heterocycles. The van der Waals surface area contributed by atoms with Gasteiger partial charge in [0.25, 0.3) is 11.8 Å². The molecule has 0 atom stereocenters. The third kappa shape index (κ3) is 6.19. The van der Waals surface area contributed by atoms with Crippen molar-refractivity contribution in [1.29, 1.82) is 0 Å². The maximum atomic E-state index is 12.4. The Morgan fingerprint density at radius 1 is 0.581 bits per heavy atom. The Hall–Kier alpha value is -2.62. The van der Waals surface area contributed by atoms with Gasteiger partial charge in [-0.3, -0.25) is 9.59 Å². The molecule has 0 bridgehead atoms. The topological polar surface area (TPSA) is 58.2 Å². The zero-order chi connectivity index (χ0) is 21.5. The number of benzene rings is 2. The number of carbonyl (C=O) groups is 2. The molecule has 2 N–H and O–H groups in total. The van der Waals surface area contributed by atoms with Crippen LogP contribution in [0.15, 0.2) is 60.7 Å². The molecule has 2 aliphatic carbocycles. The maximum Gasteiger partial charge on any atom is 0.251 e. The van der Waals surface area contributed by atoms with Crippen molar-refractivity contribution in [2.75, 3.05) is 0 Å². The van der Waals surface area contributed by atoms with Crippen molar-refractivity contribution in [1.82, 2.24) is 10.6 Å². The first-order valence-electron chi connectivity index (χ1n) is 11.9. The second kappa shape index (κ2) is 10.6. The van der Waals surface area contributed by atoms with Gasteiger partial charge in [-0.25, -0.2) is 0 Å². The molecule has 0 unspecified atom stereocenters. The lowest BCUT2D eigenvalue weighted by Crippen LogP contribution is -2.39. The molecule has 0 aromatic heterocycles. The number of hydrogen-bond donors (Lipinski definition) is 2. The van der Waals surface area contributed by atoms with Crippen LogP contribution in [0.25, 0.3) is 0 Å². The molecule has 164 valence electrons. The van der Waals surface area contributed by atoms with E-state index in [1.165, 1.54) is 32.1 Å². The van der Waals surface area contributed by atoms with E-state index in [1.54, 1.807) is 0 Å². The highest BCUT2D eigenvalue weighted by atomic mass is 16.2. The Morgan fingerprint density at radius 3 is 1.29 bits per heavy atom. The van der Waals surface area contributed by atoms with Crippen LogP contribution in [0, 0.1) is 11.8 Å². The van der Waals surface area contributed by atoms with Crippen LogP contribution in [0.1, 0.15) is 78.5 Å². The Balaban J connectivity index is 1.14. The highest BCUT2D eigenvalue weighted by Crippen LogP contribution is 2.35. The Morgan fingerprint density at radius 2 is 0.935 bits per heavy atom. The Kier molecular flexibility index (Phi) is 7.39. The van der Waals surface area contributed by atoms with Gasteiger partial charge in [-0.1, -0.05) is 36.4 Å². The average molecular weight is 419 g/mol. The summed E-state index contributed by atoms with van der Waals surface area (Å²) in [5.41, 5.74) is 1.50. The lowest BCUT2D eigenvalue weighted by atomic mass is 9.75. The summed E-state index contributed by atoms with van der Waals surface area (Å²) in [4.78, 5) is 24.7. The second-order valence-corrected chi connectivity index (χ2v) is 9.35. The molecular weight excluding hydrogens is 384 g/mol. The normalized spacial score (nSPS) is 26.1. The predicted octanol–water partition coefficient (Wildman–Crippen LogP) is 5.35. The van der Waals surface area contributed by atoms with Crippen molar-refractivity contribution in [3.05, 3.63) is 71.8 Å². The van der Waals surface area contributed by atoms with E-state index in [1.807, 2.05) is 60.7 Å². The molecule has 2 amide bonds. The fraction of sp³-hybridized carbons (Fsp3) is 0.481. The van der Waals surface area contributed by atoms with Crippen molar-refractivity contribution < 1.29 is 9.59 Å². The van der Waals surface area contributed by atoms with Crippen LogP contribution < -0.4 is 10.6 Å². The van der Waals surface area contributed by atoms with Crippen LogP contribution in [-0.4, -0.2) is 23.9 Å². The van der Waals surface area contributed by atoms with E-state index in [0.717, 1.165) is 48.6 Å². The summed E-state index contributed by atoms with van der Waals surface area (Å²) in [6.45, 7) is 0. The van der Waals surface area contributed by atoms with Crippen molar-refractivity contribution in [2.45, 2.75) is 69.9 Å². The molecule has 31 heavy (non-hydrogen) atoms. The second-order valence-electron chi connectivity index (χ2n) is 9.35. The minimum atomic E-state index is 0.0555. The quantitative estimate of drug-likeness (QED) is 0.664. The van der Waals surface area contributed by atoms with Gasteiger partial charge in [0.1, 0.15) is 0 Å². The largest absolute Gasteiger partial charge is 0.349 e. The van der Waals surface area contributed by atoms with E-state index in [9.17, 15) is 9.59 Å². The van der Waals surface area contributed by atoms with Gasteiger partial charge in [-0.2, -0.15) is 0 Å². The van der Waals surface area contributed by atoms with E-state index < -0.39 is 0 Å². The van der Waals surface area contributed by atoms with Gasteiger partial charge in [-0.15, -0.1) is 0 Å². The molecule has 0 aliphatic heterocycles. The van der Waals surface area contributed by atoms with E-state index in [0.29, 0.717) is 12.1 Å². The number of amides is 2. The average Bonchev–Trinajstić information content (AvgIpc) is 2.82. The molecule has 0 spiro atoms. The SMILES string of the molecule is O=C(NC1CCC(CC2CCC(NC(=O)c3ccccc3)CC2)CC1)c1ccccc1.